The Kier molecular flexibility index (Phi) is 7.58. The Hall–Kier alpha value is -2.02. The van der Waals surface area contributed by atoms with Crippen LogP contribution in [-0.2, 0) is 25.7 Å². The average molecular weight is 515 g/mol. The molecule has 12 heteroatoms. The van der Waals surface area contributed by atoms with Gasteiger partial charge in [-0.05, 0) is 18.2 Å². The highest BCUT2D eigenvalue weighted by atomic mass is 79.9. The van der Waals surface area contributed by atoms with Crippen molar-refractivity contribution in [2.75, 3.05) is 23.9 Å². The number of nitrogens with zero attached hydrogens (tertiary/aromatic N) is 3. The Morgan fingerprint density at radius 2 is 2.17 bits per heavy atom. The van der Waals surface area contributed by atoms with E-state index >= 15 is 0 Å². The minimum atomic E-state index is -0.435. The molecule has 0 saturated heterocycles. The summed E-state index contributed by atoms with van der Waals surface area (Å²) in [6.45, 7) is -0.0480. The van der Waals surface area contributed by atoms with Gasteiger partial charge in [-0.3, -0.25) is 14.4 Å². The smallest absolute Gasteiger partial charge is 0.325 e. The summed E-state index contributed by atoms with van der Waals surface area (Å²) in [6, 6.07) is 5.60. The van der Waals surface area contributed by atoms with Crippen LogP contribution < -0.4 is 10.1 Å². The van der Waals surface area contributed by atoms with Gasteiger partial charge in [0.15, 0.2) is 9.93 Å². The number of carbonyl (C=O) groups excluding carboxylic acids is 3. The van der Waals surface area contributed by atoms with Crippen molar-refractivity contribution in [2.45, 2.75) is 6.54 Å². The van der Waals surface area contributed by atoms with Crippen LogP contribution in [0.2, 0.25) is 0 Å². The van der Waals surface area contributed by atoms with E-state index in [9.17, 15) is 14.4 Å². The van der Waals surface area contributed by atoms with Crippen LogP contribution in [0.5, 0.6) is 0 Å². The van der Waals surface area contributed by atoms with Crippen molar-refractivity contribution in [1.29, 1.82) is 0 Å². The molecule has 0 radical (unpaired) electrons. The predicted molar refractivity (Wildman–Crippen MR) is 118 cm³/mol. The fraction of sp³-hybridized carbons (Fsp3) is 0.235. The molecule has 2 aromatic heterocycles. The van der Waals surface area contributed by atoms with Crippen molar-refractivity contribution < 1.29 is 19.1 Å². The first-order chi connectivity index (χ1) is 14.0. The van der Waals surface area contributed by atoms with Crippen LogP contribution in [0.1, 0.15) is 0 Å². The largest absolute Gasteiger partial charge is 0.468 e. The van der Waals surface area contributed by atoms with E-state index in [1.807, 2.05) is 18.2 Å². The van der Waals surface area contributed by atoms with Gasteiger partial charge in [-0.25, -0.2) is 4.98 Å². The molecule has 8 nitrogen and oxygen atoms in total. The number of amides is 2. The molecule has 152 valence electrons. The highest BCUT2D eigenvalue weighted by Crippen LogP contribution is 2.22. The number of fused-ring (bicyclic) bond motifs is 1. The molecule has 0 fully saturated rings. The number of anilines is 1. The van der Waals surface area contributed by atoms with E-state index in [0.29, 0.717) is 9.93 Å². The summed E-state index contributed by atoms with van der Waals surface area (Å²) in [5.74, 6) is -0.898. The van der Waals surface area contributed by atoms with Gasteiger partial charge in [0, 0.05) is 16.0 Å². The standard InChI is InChI=1S/C17H15BrN4O4S3/c1-26-15(25)7-22-11-3-2-10(18)6-12(11)29-17(22)21-14(24)9-27-8-13(23)20-16-19-4-5-28-16/h2-6H,7-9H2,1H3,(H,19,20,23). The van der Waals surface area contributed by atoms with Crippen LogP contribution in [0.3, 0.4) is 0 Å². The lowest BCUT2D eigenvalue weighted by Gasteiger charge is -2.03. The summed E-state index contributed by atoms with van der Waals surface area (Å²) in [7, 11) is 1.31. The molecule has 3 aromatic rings. The summed E-state index contributed by atoms with van der Waals surface area (Å²) in [5.41, 5.74) is 0.783. The van der Waals surface area contributed by atoms with Crippen molar-refractivity contribution in [2.24, 2.45) is 4.99 Å². The maximum Gasteiger partial charge on any atom is 0.325 e. The minimum absolute atomic E-state index is 0.0431. The maximum absolute atomic E-state index is 12.3. The van der Waals surface area contributed by atoms with Crippen LogP contribution in [-0.4, -0.2) is 46.0 Å². The monoisotopic (exact) mass is 514 g/mol. The number of hydrogen-bond donors (Lipinski definition) is 1. The number of ether oxygens (including phenoxy) is 1. The molecule has 3 rings (SSSR count). The van der Waals surface area contributed by atoms with Crippen LogP contribution in [0, 0.1) is 0 Å². The van der Waals surface area contributed by atoms with Crippen molar-refractivity contribution >= 4 is 83.5 Å². The number of thioether (sulfide) groups is 1. The van der Waals surface area contributed by atoms with Crippen molar-refractivity contribution in [3.8, 4) is 0 Å². The zero-order valence-electron chi connectivity index (χ0n) is 15.1. The molecule has 2 heterocycles. The fourth-order valence-corrected chi connectivity index (χ4v) is 5.03. The molecule has 0 bridgehead atoms. The van der Waals surface area contributed by atoms with E-state index in [2.05, 4.69) is 31.2 Å². The van der Waals surface area contributed by atoms with E-state index < -0.39 is 5.97 Å². The van der Waals surface area contributed by atoms with Gasteiger partial charge in [0.05, 0.1) is 28.8 Å². The Balaban J connectivity index is 1.70. The SMILES string of the molecule is COC(=O)Cn1c(=NC(=O)CSCC(=O)Nc2nccs2)sc2cc(Br)ccc21. The zero-order valence-corrected chi connectivity index (χ0v) is 19.1. The molecule has 1 N–H and O–H groups in total. The second-order valence-corrected chi connectivity index (χ2v) is 9.35. The normalized spacial score (nSPS) is 11.6. The Bertz CT molecular complexity index is 1110. The molecule has 0 aliphatic rings. The molecule has 0 aliphatic heterocycles. The Labute approximate surface area is 186 Å². The molecule has 1 aromatic carbocycles. The molecular formula is C17H15BrN4O4S3. The third-order valence-corrected chi connectivity index (χ3v) is 6.66. The van der Waals surface area contributed by atoms with Crippen LogP contribution in [0.15, 0.2) is 39.2 Å². The Morgan fingerprint density at radius 3 is 2.90 bits per heavy atom. The van der Waals surface area contributed by atoms with E-state index in [-0.39, 0.29) is 29.9 Å². The van der Waals surface area contributed by atoms with Crippen LogP contribution >= 0.6 is 50.4 Å². The van der Waals surface area contributed by atoms with Gasteiger partial charge in [-0.2, -0.15) is 4.99 Å². The second-order valence-electron chi connectivity index (χ2n) is 5.54. The third kappa shape index (κ3) is 5.98. The molecule has 0 spiro atoms. The lowest BCUT2D eigenvalue weighted by molar-refractivity contribution is -0.141. The summed E-state index contributed by atoms with van der Waals surface area (Å²) in [4.78, 5) is 44.4. The van der Waals surface area contributed by atoms with E-state index in [4.69, 9.17) is 4.74 Å². The fourth-order valence-electron chi connectivity index (χ4n) is 2.29. The number of halogens is 1. The molecule has 0 saturated carbocycles. The zero-order chi connectivity index (χ0) is 20.8. The third-order valence-electron chi connectivity index (χ3n) is 3.52. The van der Waals surface area contributed by atoms with Gasteiger partial charge < -0.3 is 14.6 Å². The number of thiazole rings is 2. The number of methoxy groups -OCH3 is 1. The molecule has 2 amide bonds. The summed E-state index contributed by atoms with van der Waals surface area (Å²) >= 11 is 7.20. The van der Waals surface area contributed by atoms with E-state index in [1.54, 1.807) is 16.1 Å². The van der Waals surface area contributed by atoms with E-state index in [0.717, 1.165) is 26.5 Å². The summed E-state index contributed by atoms with van der Waals surface area (Å²) in [6.07, 6.45) is 1.60. The number of rotatable bonds is 7. The van der Waals surface area contributed by atoms with Crippen molar-refractivity contribution in [1.82, 2.24) is 9.55 Å². The van der Waals surface area contributed by atoms with Crippen molar-refractivity contribution in [3.05, 3.63) is 39.1 Å². The van der Waals surface area contributed by atoms with Crippen LogP contribution in [0.25, 0.3) is 10.2 Å². The van der Waals surface area contributed by atoms with Gasteiger partial charge in [0.25, 0.3) is 5.91 Å². The van der Waals surface area contributed by atoms with Gasteiger partial charge in [-0.1, -0.05) is 27.3 Å². The summed E-state index contributed by atoms with van der Waals surface area (Å²) in [5, 5.41) is 4.94. The minimum Gasteiger partial charge on any atom is -0.468 e. The lowest BCUT2D eigenvalue weighted by atomic mass is 10.3. The number of benzene rings is 1. The number of aromatic nitrogens is 2. The number of nitrogens with one attached hydrogen (secondary N) is 1. The van der Waals surface area contributed by atoms with E-state index in [1.165, 1.54) is 29.8 Å². The second kappa shape index (κ2) is 10.1. The first-order valence-corrected chi connectivity index (χ1v) is 11.8. The number of esters is 1. The molecular weight excluding hydrogens is 500 g/mol. The summed E-state index contributed by atoms with van der Waals surface area (Å²) < 4.78 is 8.16. The lowest BCUT2D eigenvalue weighted by Crippen LogP contribution is -2.23. The van der Waals surface area contributed by atoms with Gasteiger partial charge in [0.1, 0.15) is 6.54 Å². The topological polar surface area (TPSA) is 103 Å². The first-order valence-electron chi connectivity index (χ1n) is 8.16. The van der Waals surface area contributed by atoms with Crippen molar-refractivity contribution in [3.63, 3.8) is 0 Å². The number of hydrogen-bond acceptors (Lipinski definition) is 8. The maximum atomic E-state index is 12.3. The molecule has 0 unspecified atom stereocenters. The number of carbonyl (C=O) groups is 3. The first kappa shape index (κ1) is 21.7. The molecule has 0 atom stereocenters. The molecule has 0 aliphatic carbocycles. The highest BCUT2D eigenvalue weighted by molar-refractivity contribution is 9.10. The predicted octanol–water partition coefficient (Wildman–Crippen LogP) is 2.89. The van der Waals surface area contributed by atoms with Crippen LogP contribution in [0.4, 0.5) is 5.13 Å². The quantitative estimate of drug-likeness (QED) is 0.486. The highest BCUT2D eigenvalue weighted by Gasteiger charge is 2.13. The van der Waals surface area contributed by atoms with Gasteiger partial charge in [-0.15, -0.1) is 23.1 Å². The average Bonchev–Trinajstić information content (AvgIpc) is 3.29. The van der Waals surface area contributed by atoms with Gasteiger partial charge >= 0.3 is 5.97 Å². The van der Waals surface area contributed by atoms with Gasteiger partial charge in [0.2, 0.25) is 5.91 Å². The molecule has 29 heavy (non-hydrogen) atoms. The Morgan fingerprint density at radius 1 is 1.34 bits per heavy atom.